The number of aromatic nitrogens is 1. The molecule has 0 bridgehead atoms. The second-order valence-corrected chi connectivity index (χ2v) is 11.7. The predicted octanol–water partition coefficient (Wildman–Crippen LogP) is 3.21. The molecule has 1 aromatic heterocycles. The van der Waals surface area contributed by atoms with Gasteiger partial charge < -0.3 is 25.3 Å². The second-order valence-electron chi connectivity index (χ2n) is 11.7. The summed E-state index contributed by atoms with van der Waals surface area (Å²) in [6, 6.07) is 9.99. The first-order valence-corrected chi connectivity index (χ1v) is 13.1. The molecule has 2 unspecified atom stereocenters. The van der Waals surface area contributed by atoms with Gasteiger partial charge in [0, 0.05) is 23.0 Å². The minimum atomic E-state index is -1.21. The first kappa shape index (κ1) is 24.0. The highest BCUT2D eigenvalue weighted by Crippen LogP contribution is 2.60. The Kier molecular flexibility index (Phi) is 5.56. The van der Waals surface area contributed by atoms with Gasteiger partial charge in [0.15, 0.2) is 0 Å². The van der Waals surface area contributed by atoms with Gasteiger partial charge in [-0.3, -0.25) is 4.98 Å². The molecule has 4 aliphatic carbocycles. The number of benzene rings is 1. The molecule has 1 heterocycles. The van der Waals surface area contributed by atoms with Crippen LogP contribution in [0.2, 0.25) is 0 Å². The number of rotatable bonds is 2. The molecule has 0 radical (unpaired) electrons. The lowest BCUT2D eigenvalue weighted by molar-refractivity contribution is -0.0922. The van der Waals surface area contributed by atoms with Crippen LogP contribution < -0.4 is 0 Å². The van der Waals surface area contributed by atoms with Gasteiger partial charge in [0.1, 0.15) is 6.10 Å². The second kappa shape index (κ2) is 8.33. The van der Waals surface area contributed by atoms with Crippen molar-refractivity contribution in [2.75, 3.05) is 14.1 Å². The van der Waals surface area contributed by atoms with Crippen molar-refractivity contribution >= 4 is 16.5 Å². The van der Waals surface area contributed by atoms with E-state index in [4.69, 9.17) is 0 Å². The molecule has 6 heteroatoms. The fourth-order valence-corrected chi connectivity index (χ4v) is 7.60. The summed E-state index contributed by atoms with van der Waals surface area (Å²) in [6.07, 6.45) is 6.04. The van der Waals surface area contributed by atoms with E-state index >= 15 is 0 Å². The molecule has 2 aromatic rings. The molecule has 6 nitrogen and oxygen atoms in total. The molecule has 1 aromatic carbocycles. The van der Waals surface area contributed by atoms with E-state index in [0.717, 1.165) is 22.9 Å². The van der Waals surface area contributed by atoms with E-state index < -0.39 is 23.9 Å². The molecule has 7 atom stereocenters. The lowest BCUT2D eigenvalue weighted by Gasteiger charge is -2.46. The fourth-order valence-electron chi connectivity index (χ4n) is 7.60. The number of allylic oxidation sites excluding steroid dienone is 3. The van der Waals surface area contributed by atoms with E-state index in [1.54, 1.807) is 0 Å². The maximum absolute atomic E-state index is 11.8. The molecule has 1 fully saturated rings. The molecular weight excluding hydrogens is 452 g/mol. The van der Waals surface area contributed by atoms with Crippen molar-refractivity contribution in [3.05, 3.63) is 71.0 Å². The van der Waals surface area contributed by atoms with Crippen molar-refractivity contribution in [3.63, 3.8) is 0 Å². The van der Waals surface area contributed by atoms with Gasteiger partial charge in [-0.2, -0.15) is 0 Å². The Hall–Kier alpha value is -2.35. The maximum Gasteiger partial charge on any atom is 0.105 e. The highest BCUT2D eigenvalue weighted by Gasteiger charge is 2.53. The van der Waals surface area contributed by atoms with Gasteiger partial charge in [-0.25, -0.2) is 0 Å². The summed E-state index contributed by atoms with van der Waals surface area (Å²) in [7, 11) is 3.73. The van der Waals surface area contributed by atoms with Crippen LogP contribution in [0.4, 0.5) is 0 Å². The van der Waals surface area contributed by atoms with Gasteiger partial charge in [0.05, 0.1) is 23.3 Å². The van der Waals surface area contributed by atoms with E-state index in [2.05, 4.69) is 36.2 Å². The van der Waals surface area contributed by atoms with Crippen molar-refractivity contribution in [2.24, 2.45) is 11.3 Å². The van der Waals surface area contributed by atoms with E-state index in [0.29, 0.717) is 31.3 Å². The summed E-state index contributed by atoms with van der Waals surface area (Å²) >= 11 is 0. The molecule has 1 saturated carbocycles. The summed E-state index contributed by atoms with van der Waals surface area (Å²) in [5, 5.41) is 46.3. The molecule has 0 saturated heterocycles. The summed E-state index contributed by atoms with van der Waals surface area (Å²) in [5.74, 6) is 0.213. The first-order chi connectivity index (χ1) is 17.1. The standard InChI is InChI=1S/C30H36N2O4/c1-29-16-26(33)20-14-23-27(34)28(35)25(32(2)3)15-30(23,36)12-11-18(20)22(29)10-9-21(29)17-6-4-8-24-19(17)7-5-13-31-24/h4-9,13-14,22,25-28,33-36H,10-12,15-16H2,1-3H3/t22?,25-,26?,27+,28+,29+,30+/m0/s1. The lowest BCUT2D eigenvalue weighted by Crippen LogP contribution is -2.58. The van der Waals surface area contributed by atoms with Crippen LogP contribution in [0, 0.1) is 11.3 Å². The molecule has 4 N–H and O–H groups in total. The van der Waals surface area contributed by atoms with Crippen LogP contribution in [0.5, 0.6) is 0 Å². The van der Waals surface area contributed by atoms with Crippen molar-refractivity contribution in [1.29, 1.82) is 0 Å². The molecule has 6 rings (SSSR count). The molecule has 36 heavy (non-hydrogen) atoms. The average molecular weight is 489 g/mol. The smallest absolute Gasteiger partial charge is 0.105 e. The Bertz CT molecular complexity index is 1310. The third-order valence-electron chi connectivity index (χ3n) is 9.55. The van der Waals surface area contributed by atoms with Crippen LogP contribution in [0.25, 0.3) is 16.5 Å². The highest BCUT2D eigenvalue weighted by molar-refractivity contribution is 5.93. The van der Waals surface area contributed by atoms with Crippen molar-refractivity contribution in [1.82, 2.24) is 9.88 Å². The zero-order valence-corrected chi connectivity index (χ0v) is 21.2. The van der Waals surface area contributed by atoms with Crippen molar-refractivity contribution in [2.45, 2.75) is 69.0 Å². The SMILES string of the molecule is CN(C)[C@H]1C[C@]2(O)CCC3=C(C=C2[C@@H](O)[C@@H]1O)C(O)C[C@]1(C)C(c2cccc4ncccc24)=CCC31. The van der Waals surface area contributed by atoms with Crippen molar-refractivity contribution in [3.8, 4) is 0 Å². The Morgan fingerprint density at radius 1 is 1.06 bits per heavy atom. The van der Waals surface area contributed by atoms with Gasteiger partial charge in [-0.15, -0.1) is 0 Å². The number of pyridine rings is 1. The van der Waals surface area contributed by atoms with Gasteiger partial charge in [-0.05, 0) is 86.5 Å². The van der Waals surface area contributed by atoms with E-state index in [1.807, 2.05) is 43.4 Å². The Balaban J connectivity index is 1.40. The topological polar surface area (TPSA) is 97.1 Å². The number of nitrogens with zero attached hydrogens (tertiary/aromatic N) is 2. The molecule has 0 aliphatic heterocycles. The minimum absolute atomic E-state index is 0.213. The Labute approximate surface area is 212 Å². The molecule has 0 spiro atoms. The summed E-state index contributed by atoms with van der Waals surface area (Å²) in [5.41, 5.74) is 4.40. The summed E-state index contributed by atoms with van der Waals surface area (Å²) in [4.78, 5) is 6.42. The van der Waals surface area contributed by atoms with Crippen molar-refractivity contribution < 1.29 is 20.4 Å². The van der Waals surface area contributed by atoms with E-state index in [-0.39, 0.29) is 17.4 Å². The third kappa shape index (κ3) is 3.39. The molecule has 0 amide bonds. The van der Waals surface area contributed by atoms with Crippen LogP contribution in [0.1, 0.15) is 44.6 Å². The molecule has 4 aliphatic rings. The van der Waals surface area contributed by atoms with E-state index in [9.17, 15) is 20.4 Å². The third-order valence-corrected chi connectivity index (χ3v) is 9.55. The molecule has 190 valence electrons. The number of aliphatic hydroxyl groups excluding tert-OH is 3. The number of aliphatic hydroxyl groups is 4. The number of hydrogen-bond donors (Lipinski definition) is 4. The quantitative estimate of drug-likeness (QED) is 0.518. The van der Waals surface area contributed by atoms with Crippen LogP contribution in [0.3, 0.4) is 0 Å². The Morgan fingerprint density at radius 2 is 1.86 bits per heavy atom. The largest absolute Gasteiger partial charge is 0.388 e. The fraction of sp³-hybridized carbons (Fsp3) is 0.500. The van der Waals surface area contributed by atoms with Crippen LogP contribution >= 0.6 is 0 Å². The van der Waals surface area contributed by atoms with Gasteiger partial charge >= 0.3 is 0 Å². The summed E-state index contributed by atoms with van der Waals surface area (Å²) in [6.45, 7) is 2.26. The van der Waals surface area contributed by atoms with Crippen LogP contribution in [-0.4, -0.2) is 74.4 Å². The van der Waals surface area contributed by atoms with Crippen LogP contribution in [-0.2, 0) is 0 Å². The minimum Gasteiger partial charge on any atom is -0.388 e. The van der Waals surface area contributed by atoms with Gasteiger partial charge in [0.25, 0.3) is 0 Å². The summed E-state index contributed by atoms with van der Waals surface area (Å²) < 4.78 is 0. The monoisotopic (exact) mass is 488 g/mol. The number of fused-ring (bicyclic) bond motifs is 4. The number of hydrogen-bond acceptors (Lipinski definition) is 6. The zero-order valence-electron chi connectivity index (χ0n) is 21.2. The number of likely N-dealkylation sites (N-methyl/N-ethyl adjacent to an activating group) is 1. The lowest BCUT2D eigenvalue weighted by atomic mass is 9.61. The highest BCUT2D eigenvalue weighted by atomic mass is 16.3. The van der Waals surface area contributed by atoms with Gasteiger partial charge in [0.2, 0.25) is 0 Å². The predicted molar refractivity (Wildman–Crippen MR) is 140 cm³/mol. The zero-order chi connectivity index (χ0) is 25.4. The van der Waals surface area contributed by atoms with Gasteiger partial charge in [-0.1, -0.05) is 42.8 Å². The van der Waals surface area contributed by atoms with Crippen LogP contribution in [0.15, 0.2) is 65.4 Å². The normalized spacial score (nSPS) is 38.3. The molecular formula is C30H36N2O4. The first-order valence-electron chi connectivity index (χ1n) is 13.1. The average Bonchev–Trinajstić information content (AvgIpc) is 3.09. The van der Waals surface area contributed by atoms with E-state index in [1.165, 1.54) is 16.7 Å². The maximum atomic E-state index is 11.8. The Morgan fingerprint density at radius 3 is 2.64 bits per heavy atom.